The van der Waals surface area contributed by atoms with Gasteiger partial charge in [-0.1, -0.05) is 18.2 Å². The summed E-state index contributed by atoms with van der Waals surface area (Å²) in [6.07, 6.45) is 2.34. The quantitative estimate of drug-likeness (QED) is 0.300. The van der Waals surface area contributed by atoms with Crippen molar-refractivity contribution >= 4 is 16.9 Å². The lowest BCUT2D eigenvalue weighted by atomic mass is 9.87. The molecule has 0 saturated heterocycles. The Morgan fingerprint density at radius 2 is 1.68 bits per heavy atom. The molecule has 2 N–H and O–H groups in total. The molecule has 0 fully saturated rings. The highest BCUT2D eigenvalue weighted by molar-refractivity contribution is 5.83. The van der Waals surface area contributed by atoms with Crippen LogP contribution in [0.3, 0.4) is 0 Å². The fourth-order valence-corrected chi connectivity index (χ4v) is 4.89. The smallest absolute Gasteiger partial charge is 0.306 e. The largest absolute Gasteiger partial charge is 0.507 e. The monoisotopic (exact) mass is 520 g/mol. The van der Waals surface area contributed by atoms with Crippen molar-refractivity contribution in [1.29, 1.82) is 0 Å². The highest BCUT2D eigenvalue weighted by Gasteiger charge is 2.30. The SMILES string of the molecule is COC(=O)C[C@@H](c1cc(OC)c(OC)cc1OC)c1c(O)cc(C)n(CCc2c[nH]c3ccccc23)c1=O. The Morgan fingerprint density at radius 1 is 1.00 bits per heavy atom. The molecule has 0 saturated carbocycles. The summed E-state index contributed by atoms with van der Waals surface area (Å²) in [5.74, 6) is -0.428. The van der Waals surface area contributed by atoms with Crippen LogP contribution in [0.2, 0.25) is 0 Å². The zero-order chi connectivity index (χ0) is 27.4. The van der Waals surface area contributed by atoms with E-state index >= 15 is 0 Å². The van der Waals surface area contributed by atoms with Gasteiger partial charge in [-0.05, 0) is 37.1 Å². The first-order valence-corrected chi connectivity index (χ1v) is 12.2. The molecule has 0 unspecified atom stereocenters. The molecule has 9 heteroatoms. The van der Waals surface area contributed by atoms with E-state index < -0.39 is 17.4 Å². The number of para-hydroxylation sites is 1. The van der Waals surface area contributed by atoms with Crippen molar-refractivity contribution in [2.45, 2.75) is 32.2 Å². The van der Waals surface area contributed by atoms with Crippen LogP contribution < -0.4 is 19.8 Å². The maximum absolute atomic E-state index is 13.9. The molecular weight excluding hydrogens is 488 g/mol. The van der Waals surface area contributed by atoms with Crippen LogP contribution in [0.25, 0.3) is 10.9 Å². The zero-order valence-corrected chi connectivity index (χ0v) is 22.2. The van der Waals surface area contributed by atoms with E-state index in [1.54, 1.807) is 29.7 Å². The minimum absolute atomic E-state index is 0.0745. The second-order valence-corrected chi connectivity index (χ2v) is 8.93. The van der Waals surface area contributed by atoms with Gasteiger partial charge in [0.1, 0.15) is 11.5 Å². The number of benzene rings is 2. The van der Waals surface area contributed by atoms with E-state index in [-0.39, 0.29) is 17.7 Å². The van der Waals surface area contributed by atoms with E-state index in [0.29, 0.717) is 41.5 Å². The van der Waals surface area contributed by atoms with E-state index in [0.717, 1.165) is 16.5 Å². The lowest BCUT2D eigenvalue weighted by molar-refractivity contribution is -0.140. The van der Waals surface area contributed by atoms with Crippen molar-refractivity contribution in [3.8, 4) is 23.0 Å². The number of nitrogens with zero attached hydrogens (tertiary/aromatic N) is 1. The van der Waals surface area contributed by atoms with Gasteiger partial charge in [0.15, 0.2) is 11.5 Å². The van der Waals surface area contributed by atoms with Crippen LogP contribution in [0, 0.1) is 6.92 Å². The van der Waals surface area contributed by atoms with Crippen LogP contribution in [-0.2, 0) is 22.5 Å². The van der Waals surface area contributed by atoms with E-state index in [1.807, 2.05) is 30.5 Å². The van der Waals surface area contributed by atoms with Crippen molar-refractivity contribution in [3.05, 3.63) is 81.4 Å². The number of hydrogen-bond acceptors (Lipinski definition) is 7. The fourth-order valence-electron chi connectivity index (χ4n) is 4.89. The first kappa shape index (κ1) is 26.7. The lowest BCUT2D eigenvalue weighted by Crippen LogP contribution is -2.29. The standard InChI is InChI=1S/C29H32N2O7/c1-17-12-23(32)28(29(34)31(17)11-10-18-16-30-22-9-7-6-8-19(18)22)21(14-27(33)38-5)20-13-25(36-3)26(37-4)15-24(20)35-2/h6-9,12-13,15-16,21,30,32H,10-11,14H2,1-5H3/t21-/m0/s1. The number of aryl methyl sites for hydroxylation is 2. The average Bonchev–Trinajstić information content (AvgIpc) is 3.34. The summed E-state index contributed by atoms with van der Waals surface area (Å²) in [6, 6.07) is 12.8. The summed E-state index contributed by atoms with van der Waals surface area (Å²) in [4.78, 5) is 29.7. The predicted octanol–water partition coefficient (Wildman–Crippen LogP) is 4.31. The summed E-state index contributed by atoms with van der Waals surface area (Å²) in [6.45, 7) is 2.15. The molecule has 0 bridgehead atoms. The molecule has 9 nitrogen and oxygen atoms in total. The lowest BCUT2D eigenvalue weighted by Gasteiger charge is -2.23. The molecule has 0 amide bonds. The number of rotatable bonds is 10. The summed E-state index contributed by atoms with van der Waals surface area (Å²) < 4.78 is 23.0. The molecule has 2 aromatic carbocycles. The topological polar surface area (TPSA) is 112 Å². The molecule has 4 rings (SSSR count). The third kappa shape index (κ3) is 5.04. The van der Waals surface area contributed by atoms with Crippen molar-refractivity contribution in [2.24, 2.45) is 0 Å². The van der Waals surface area contributed by atoms with E-state index in [1.165, 1.54) is 28.4 Å². The second kappa shape index (κ2) is 11.3. The Bertz CT molecular complexity index is 1520. The highest BCUT2D eigenvalue weighted by atomic mass is 16.5. The van der Waals surface area contributed by atoms with Gasteiger partial charge in [-0.25, -0.2) is 0 Å². The van der Waals surface area contributed by atoms with Gasteiger partial charge in [-0.2, -0.15) is 0 Å². The van der Waals surface area contributed by atoms with Crippen molar-refractivity contribution in [1.82, 2.24) is 9.55 Å². The maximum atomic E-state index is 13.9. The molecule has 2 aromatic heterocycles. The van der Waals surface area contributed by atoms with Crippen LogP contribution in [-0.4, -0.2) is 49.1 Å². The Kier molecular flexibility index (Phi) is 7.95. The number of H-pyrrole nitrogens is 1. The zero-order valence-electron chi connectivity index (χ0n) is 22.2. The Balaban J connectivity index is 1.83. The summed E-state index contributed by atoms with van der Waals surface area (Å²) in [5, 5.41) is 12.1. The molecule has 1 atom stereocenters. The summed E-state index contributed by atoms with van der Waals surface area (Å²) >= 11 is 0. The molecule has 4 aromatic rings. The van der Waals surface area contributed by atoms with E-state index in [9.17, 15) is 14.7 Å². The number of fused-ring (bicyclic) bond motifs is 1. The van der Waals surface area contributed by atoms with Crippen LogP contribution >= 0.6 is 0 Å². The Morgan fingerprint density at radius 3 is 2.37 bits per heavy atom. The number of carbonyl (C=O) groups excluding carboxylic acids is 1. The van der Waals surface area contributed by atoms with Crippen LogP contribution in [0.15, 0.2) is 53.5 Å². The van der Waals surface area contributed by atoms with Crippen molar-refractivity contribution in [2.75, 3.05) is 28.4 Å². The van der Waals surface area contributed by atoms with Gasteiger partial charge in [0.2, 0.25) is 0 Å². The molecule has 0 aliphatic carbocycles. The number of pyridine rings is 1. The Labute approximate surface area is 220 Å². The van der Waals surface area contributed by atoms with Gasteiger partial charge in [-0.15, -0.1) is 0 Å². The average molecular weight is 521 g/mol. The number of aromatic hydroxyl groups is 1. The van der Waals surface area contributed by atoms with Gasteiger partial charge in [0.25, 0.3) is 5.56 Å². The number of aromatic amines is 1. The second-order valence-electron chi connectivity index (χ2n) is 8.93. The van der Waals surface area contributed by atoms with Gasteiger partial charge in [0.05, 0.1) is 40.4 Å². The third-order valence-corrected chi connectivity index (χ3v) is 6.86. The minimum Gasteiger partial charge on any atom is -0.507 e. The third-order valence-electron chi connectivity index (χ3n) is 6.86. The molecule has 0 spiro atoms. The fraction of sp³-hybridized carbons (Fsp3) is 0.310. The molecule has 0 aliphatic rings. The number of esters is 1. The van der Waals surface area contributed by atoms with Gasteiger partial charge >= 0.3 is 5.97 Å². The molecule has 38 heavy (non-hydrogen) atoms. The number of carbonyl (C=O) groups is 1. The normalized spacial score (nSPS) is 11.8. The van der Waals surface area contributed by atoms with E-state index in [2.05, 4.69) is 4.98 Å². The van der Waals surface area contributed by atoms with E-state index in [4.69, 9.17) is 18.9 Å². The molecule has 2 heterocycles. The maximum Gasteiger partial charge on any atom is 0.306 e. The number of ether oxygens (including phenoxy) is 4. The van der Waals surface area contributed by atoms with Gasteiger partial charge < -0.3 is 33.6 Å². The first-order chi connectivity index (χ1) is 18.3. The van der Waals surface area contributed by atoms with Crippen LogP contribution in [0.4, 0.5) is 0 Å². The van der Waals surface area contributed by atoms with Gasteiger partial charge in [-0.3, -0.25) is 9.59 Å². The van der Waals surface area contributed by atoms with Crippen LogP contribution in [0.5, 0.6) is 23.0 Å². The first-order valence-electron chi connectivity index (χ1n) is 12.2. The summed E-state index contributed by atoms with van der Waals surface area (Å²) in [7, 11) is 5.75. The molecule has 200 valence electrons. The van der Waals surface area contributed by atoms with Crippen molar-refractivity contribution < 1.29 is 28.8 Å². The highest BCUT2D eigenvalue weighted by Crippen LogP contribution is 2.43. The Hall–Kier alpha value is -4.40. The van der Waals surface area contributed by atoms with Crippen LogP contribution in [0.1, 0.15) is 34.7 Å². The number of aromatic nitrogens is 2. The predicted molar refractivity (Wildman–Crippen MR) is 144 cm³/mol. The minimum atomic E-state index is -0.871. The number of hydrogen-bond donors (Lipinski definition) is 2. The van der Waals surface area contributed by atoms with Gasteiger partial charge in [0, 0.05) is 46.9 Å². The molecular formula is C29H32N2O7. The number of methoxy groups -OCH3 is 4. The number of nitrogens with one attached hydrogen (secondary N) is 1. The molecule has 0 aliphatic heterocycles. The molecule has 0 radical (unpaired) electrons. The van der Waals surface area contributed by atoms with Crippen molar-refractivity contribution in [3.63, 3.8) is 0 Å². The summed E-state index contributed by atoms with van der Waals surface area (Å²) in [5.41, 5.74) is 2.87.